The zero-order chi connectivity index (χ0) is 44.5. The highest BCUT2D eigenvalue weighted by Crippen LogP contribution is 2.37. The van der Waals surface area contributed by atoms with Crippen LogP contribution in [-0.2, 0) is 42.3 Å². The van der Waals surface area contributed by atoms with Crippen molar-refractivity contribution in [2.45, 2.75) is 90.1 Å². The molecule has 0 aliphatic carbocycles. The minimum atomic E-state index is -4.37. The zero-order valence-corrected chi connectivity index (χ0v) is 37.8. The predicted octanol–water partition coefficient (Wildman–Crippen LogP) is 9.49. The van der Waals surface area contributed by atoms with E-state index in [2.05, 4.69) is 46.2 Å². The molecule has 17 heteroatoms. The molecule has 6 rings (SSSR count). The summed E-state index contributed by atoms with van der Waals surface area (Å²) in [5, 5.41) is 9.42. The number of aryl methyl sites for hydroxylation is 1. The van der Waals surface area contributed by atoms with Gasteiger partial charge in [0.25, 0.3) is 0 Å². The smallest absolute Gasteiger partial charge is 0.494 e. The Balaban J connectivity index is 0.000000220. The third kappa shape index (κ3) is 12.4. The van der Waals surface area contributed by atoms with Crippen LogP contribution in [-0.4, -0.2) is 59.6 Å². The van der Waals surface area contributed by atoms with E-state index in [4.69, 9.17) is 29.6 Å². The van der Waals surface area contributed by atoms with E-state index in [1.807, 2.05) is 84.0 Å². The lowest BCUT2D eigenvalue weighted by atomic mass is 9.75. The molecule has 1 fully saturated rings. The van der Waals surface area contributed by atoms with Gasteiger partial charge in [-0.15, -0.1) is 0 Å². The monoisotopic (exact) mass is 949 g/mol. The van der Waals surface area contributed by atoms with E-state index in [0.717, 1.165) is 38.6 Å². The molecule has 5 aromatic rings. The minimum absolute atomic E-state index is 0.248. The van der Waals surface area contributed by atoms with Crippen LogP contribution in [0.3, 0.4) is 0 Å². The van der Waals surface area contributed by atoms with Crippen LogP contribution in [0.25, 0.3) is 11.0 Å². The summed E-state index contributed by atoms with van der Waals surface area (Å²) in [5.41, 5.74) is 9.54. The highest BCUT2D eigenvalue weighted by atomic mass is 79.9. The average molecular weight is 951 g/mol. The van der Waals surface area contributed by atoms with Gasteiger partial charge < -0.3 is 34.0 Å². The van der Waals surface area contributed by atoms with Crippen LogP contribution in [0.2, 0.25) is 0 Å². The third-order valence-electron chi connectivity index (χ3n) is 9.81. The van der Waals surface area contributed by atoms with E-state index >= 15 is 0 Å². The molecule has 0 saturated carbocycles. The number of fused-ring (bicyclic) bond motifs is 1. The summed E-state index contributed by atoms with van der Waals surface area (Å²) in [7, 11) is 2.61. The number of rotatable bonds is 7. The molecule has 11 nitrogen and oxygen atoms in total. The summed E-state index contributed by atoms with van der Waals surface area (Å²) < 4.78 is 63.1. The SMILES string of the molecule is COC(=O)C(C)(C)c1cccc(B2OC(C)(C)C(C)(C)O2)c1.COc1cc(Br)ccc1CN.Cc1nc2cccnc2c(C(=O)O)c1C.FC(F)(F)c1ccc(CBr)o1. The number of furan rings is 1. The van der Waals surface area contributed by atoms with E-state index in [0.29, 0.717) is 28.5 Å². The fourth-order valence-electron chi connectivity index (χ4n) is 5.48. The van der Waals surface area contributed by atoms with Gasteiger partial charge in [0.1, 0.15) is 17.0 Å². The third-order valence-corrected chi connectivity index (χ3v) is 10.9. The Morgan fingerprint density at radius 1 is 0.949 bits per heavy atom. The Kier molecular flexibility index (Phi) is 16.9. The van der Waals surface area contributed by atoms with Gasteiger partial charge in [-0.25, -0.2) is 4.79 Å². The molecule has 0 bridgehead atoms. The first-order valence-corrected chi connectivity index (χ1v) is 20.1. The van der Waals surface area contributed by atoms with Crippen LogP contribution >= 0.6 is 31.9 Å². The topological polar surface area (TPSA) is 156 Å². The Hall–Kier alpha value is -4.29. The Morgan fingerprint density at radius 2 is 1.59 bits per heavy atom. The molecular formula is C42H49BBr2F3N3O8. The number of benzene rings is 2. The van der Waals surface area contributed by atoms with E-state index in [-0.39, 0.29) is 28.5 Å². The number of nitrogens with two attached hydrogens (primary N) is 1. The van der Waals surface area contributed by atoms with Crippen LogP contribution in [0.15, 0.2) is 81.8 Å². The van der Waals surface area contributed by atoms with Gasteiger partial charge in [-0.2, -0.15) is 13.2 Å². The highest BCUT2D eigenvalue weighted by molar-refractivity contribution is 9.10. The Bertz CT molecular complexity index is 2220. The van der Waals surface area contributed by atoms with E-state index in [9.17, 15) is 22.8 Å². The molecule has 0 spiro atoms. The van der Waals surface area contributed by atoms with E-state index < -0.39 is 30.4 Å². The number of nitrogens with zero attached hydrogens (tertiary/aromatic N) is 2. The zero-order valence-electron chi connectivity index (χ0n) is 34.6. The number of esters is 1. The number of hydrogen-bond acceptors (Lipinski definition) is 10. The number of hydrogen-bond donors (Lipinski definition) is 2. The second-order valence-corrected chi connectivity index (χ2v) is 16.2. The molecule has 1 aliphatic heterocycles. The number of carboxylic acids is 1. The summed E-state index contributed by atoms with van der Waals surface area (Å²) in [5.74, 6) is -1.06. The standard InChI is InChI=1S/C17H25BO4.C11H10N2O2.C8H10BrNO.C6H4BrF3O/c1-15(2,14(19)20-7)12-9-8-10-13(11-12)18-21-16(3,4)17(5,6)22-18;1-6-7(2)13-8-4-3-5-12-10(8)9(6)11(14)15;1-11-8-4-7(9)3-2-6(8)5-10;7-3-4-1-2-5(11-4)6(8,9)10/h8-11H,1-7H3;3-5H,1-2H3,(H,14,15);2-4H,5,10H2,1H3;1-2H,3H2. The van der Waals surface area contributed by atoms with Gasteiger partial charge >= 0.3 is 25.2 Å². The van der Waals surface area contributed by atoms with Crippen molar-refractivity contribution in [2.24, 2.45) is 5.73 Å². The van der Waals surface area contributed by atoms with Crippen molar-refractivity contribution in [3.05, 3.63) is 117 Å². The molecule has 1 aliphatic rings. The maximum atomic E-state index is 12.0. The number of carbonyl (C=O) groups is 2. The number of carboxylic acid groups (broad SMARTS) is 1. The molecule has 4 heterocycles. The number of ether oxygens (including phenoxy) is 2. The fraction of sp³-hybridized carbons (Fsp3) is 0.381. The molecule has 0 unspecified atom stereocenters. The molecule has 0 amide bonds. The van der Waals surface area contributed by atoms with Crippen molar-refractivity contribution in [1.29, 1.82) is 0 Å². The summed E-state index contributed by atoms with van der Waals surface area (Å²) in [4.78, 5) is 31.5. The molecular weight excluding hydrogens is 902 g/mol. The first kappa shape index (κ1) is 49.1. The molecule has 59 heavy (non-hydrogen) atoms. The van der Waals surface area contributed by atoms with Gasteiger partial charge in [-0.05, 0) is 108 Å². The quantitative estimate of drug-likeness (QED) is 0.0911. The van der Waals surface area contributed by atoms with Crippen molar-refractivity contribution in [2.75, 3.05) is 14.2 Å². The molecule has 3 N–H and O–H groups in total. The predicted molar refractivity (Wildman–Crippen MR) is 228 cm³/mol. The van der Waals surface area contributed by atoms with Crippen LogP contribution in [0.1, 0.15) is 85.8 Å². The normalized spacial score (nSPS) is 14.2. The summed E-state index contributed by atoms with van der Waals surface area (Å²) in [6.07, 6.45) is -2.80. The second kappa shape index (κ2) is 20.3. The molecule has 0 atom stereocenters. The van der Waals surface area contributed by atoms with E-state index in [1.54, 1.807) is 39.3 Å². The van der Waals surface area contributed by atoms with Gasteiger partial charge in [-0.3, -0.25) is 14.8 Å². The first-order valence-electron chi connectivity index (χ1n) is 18.2. The van der Waals surface area contributed by atoms with Gasteiger partial charge in [0, 0.05) is 28.5 Å². The lowest BCUT2D eigenvalue weighted by Crippen LogP contribution is -2.41. The summed E-state index contributed by atoms with van der Waals surface area (Å²) in [6.45, 7) is 15.9. The van der Waals surface area contributed by atoms with Crippen molar-refractivity contribution < 1.29 is 51.1 Å². The van der Waals surface area contributed by atoms with Crippen LogP contribution in [0, 0.1) is 13.8 Å². The van der Waals surface area contributed by atoms with Crippen molar-refractivity contribution >= 4 is 67.4 Å². The number of alkyl halides is 4. The van der Waals surface area contributed by atoms with Crippen molar-refractivity contribution in [1.82, 2.24) is 9.97 Å². The summed E-state index contributed by atoms with van der Waals surface area (Å²) >= 11 is 6.32. The van der Waals surface area contributed by atoms with Gasteiger partial charge in [0.05, 0.1) is 47.2 Å². The lowest BCUT2D eigenvalue weighted by molar-refractivity contribution is -0.153. The maximum Gasteiger partial charge on any atom is 0.494 e. The number of pyridine rings is 2. The highest BCUT2D eigenvalue weighted by Gasteiger charge is 2.52. The maximum absolute atomic E-state index is 12.0. The van der Waals surface area contributed by atoms with Gasteiger partial charge in [-0.1, -0.05) is 62.2 Å². The molecule has 3 aromatic heterocycles. The fourth-order valence-corrected chi connectivity index (χ4v) is 6.12. The Morgan fingerprint density at radius 3 is 2.10 bits per heavy atom. The van der Waals surface area contributed by atoms with E-state index in [1.165, 1.54) is 13.2 Å². The number of aromatic carboxylic acids is 1. The van der Waals surface area contributed by atoms with Crippen LogP contribution < -0.4 is 15.9 Å². The largest absolute Gasteiger partial charge is 0.496 e. The van der Waals surface area contributed by atoms with Gasteiger partial charge in [0.2, 0.25) is 5.76 Å². The molecule has 0 radical (unpaired) electrons. The average Bonchev–Trinajstić information content (AvgIpc) is 3.77. The van der Waals surface area contributed by atoms with Gasteiger partial charge in [0.15, 0.2) is 0 Å². The van der Waals surface area contributed by atoms with Crippen molar-refractivity contribution in [3.8, 4) is 5.75 Å². The lowest BCUT2D eigenvalue weighted by Gasteiger charge is -2.32. The Labute approximate surface area is 359 Å². The number of aromatic nitrogens is 2. The minimum Gasteiger partial charge on any atom is -0.496 e. The second-order valence-electron chi connectivity index (χ2n) is 14.8. The molecule has 318 valence electrons. The number of halogens is 5. The first-order chi connectivity index (χ1) is 27.4. The molecule has 2 aromatic carbocycles. The van der Waals surface area contributed by atoms with Crippen LogP contribution in [0.5, 0.6) is 5.75 Å². The number of methoxy groups -OCH3 is 2. The van der Waals surface area contributed by atoms with Crippen LogP contribution in [0.4, 0.5) is 13.2 Å². The summed E-state index contributed by atoms with van der Waals surface area (Å²) in [6, 6.07) is 19.3. The van der Waals surface area contributed by atoms with Crippen molar-refractivity contribution in [3.63, 3.8) is 0 Å². The number of carbonyl (C=O) groups excluding carboxylic acids is 1. The molecule has 1 saturated heterocycles.